The van der Waals surface area contributed by atoms with Crippen LogP contribution in [0.2, 0.25) is 0 Å². The van der Waals surface area contributed by atoms with E-state index in [0.29, 0.717) is 6.04 Å². The van der Waals surface area contributed by atoms with E-state index in [4.69, 9.17) is 5.11 Å². The molecule has 3 amide bonds. The average Bonchev–Trinajstić information content (AvgIpc) is 2.73. The minimum atomic E-state index is -0.471. The van der Waals surface area contributed by atoms with Crippen LogP contribution in [0, 0.1) is 0 Å². The molecule has 1 rings (SSSR count). The molecule has 1 aliphatic heterocycles. The van der Waals surface area contributed by atoms with Crippen molar-refractivity contribution in [1.82, 2.24) is 15.5 Å². The maximum atomic E-state index is 11.5. The lowest BCUT2D eigenvalue weighted by atomic mass is 10.1. The van der Waals surface area contributed by atoms with Crippen LogP contribution in [0.5, 0.6) is 0 Å². The van der Waals surface area contributed by atoms with E-state index in [1.165, 1.54) is 7.05 Å². The number of carbonyl (C=O) groups is 2. The van der Waals surface area contributed by atoms with Gasteiger partial charge in [-0.1, -0.05) is 0 Å². The van der Waals surface area contributed by atoms with Gasteiger partial charge in [-0.05, 0) is 32.2 Å². The molecule has 17 heavy (non-hydrogen) atoms. The number of likely N-dealkylation sites (tertiary alicyclic amines) is 1. The van der Waals surface area contributed by atoms with Crippen LogP contribution < -0.4 is 10.6 Å². The first-order valence-corrected chi connectivity index (χ1v) is 6.04. The van der Waals surface area contributed by atoms with E-state index in [0.717, 1.165) is 32.2 Å². The fourth-order valence-electron chi connectivity index (χ4n) is 2.17. The Morgan fingerprint density at radius 1 is 1.47 bits per heavy atom. The second-order valence-corrected chi connectivity index (χ2v) is 4.26. The summed E-state index contributed by atoms with van der Waals surface area (Å²) in [7, 11) is 1.47. The van der Waals surface area contributed by atoms with Gasteiger partial charge in [-0.25, -0.2) is 4.79 Å². The molecule has 3 N–H and O–H groups in total. The Hall–Kier alpha value is -1.14. The predicted octanol–water partition coefficient (Wildman–Crippen LogP) is -0.321. The Morgan fingerprint density at radius 2 is 2.24 bits per heavy atom. The molecule has 1 unspecified atom stereocenters. The highest BCUT2D eigenvalue weighted by molar-refractivity contribution is 5.95. The standard InChI is InChI=1S/C11H21N3O3/c1-12-11(17)13-10(16)8-14-6-2-4-9(14)5-3-7-15/h9,15H,2-8H2,1H3,(H2,12,13,16,17). The Kier molecular flexibility index (Phi) is 5.93. The van der Waals surface area contributed by atoms with E-state index in [2.05, 4.69) is 15.5 Å². The van der Waals surface area contributed by atoms with Crippen LogP contribution in [0.1, 0.15) is 25.7 Å². The first kappa shape index (κ1) is 13.9. The Bertz CT molecular complexity index is 271. The van der Waals surface area contributed by atoms with E-state index in [9.17, 15) is 9.59 Å². The molecule has 1 saturated heterocycles. The molecule has 6 heteroatoms. The van der Waals surface area contributed by atoms with Gasteiger partial charge in [0.05, 0.1) is 6.54 Å². The molecule has 0 aromatic rings. The third-order valence-electron chi connectivity index (χ3n) is 3.02. The molecule has 1 heterocycles. The summed E-state index contributed by atoms with van der Waals surface area (Å²) in [5, 5.41) is 13.4. The Morgan fingerprint density at radius 3 is 2.88 bits per heavy atom. The van der Waals surface area contributed by atoms with Crippen molar-refractivity contribution in [2.45, 2.75) is 31.7 Å². The van der Waals surface area contributed by atoms with E-state index in [1.807, 2.05) is 0 Å². The van der Waals surface area contributed by atoms with Gasteiger partial charge >= 0.3 is 6.03 Å². The van der Waals surface area contributed by atoms with E-state index >= 15 is 0 Å². The number of rotatable bonds is 5. The minimum Gasteiger partial charge on any atom is -0.396 e. The summed E-state index contributed by atoms with van der Waals surface area (Å²) in [6.07, 6.45) is 3.80. The molecular weight excluding hydrogens is 222 g/mol. The molecule has 6 nitrogen and oxygen atoms in total. The molecule has 0 radical (unpaired) electrons. The maximum Gasteiger partial charge on any atom is 0.321 e. The summed E-state index contributed by atoms with van der Waals surface area (Å²) < 4.78 is 0. The van der Waals surface area contributed by atoms with Crippen LogP contribution >= 0.6 is 0 Å². The molecule has 98 valence electrons. The maximum absolute atomic E-state index is 11.5. The van der Waals surface area contributed by atoms with Crippen molar-refractivity contribution in [2.75, 3.05) is 26.7 Å². The van der Waals surface area contributed by atoms with Crippen molar-refractivity contribution in [3.8, 4) is 0 Å². The molecule has 0 aliphatic carbocycles. The van der Waals surface area contributed by atoms with Gasteiger partial charge in [0.2, 0.25) is 5.91 Å². The van der Waals surface area contributed by atoms with Crippen molar-refractivity contribution >= 4 is 11.9 Å². The molecule has 0 aromatic heterocycles. The monoisotopic (exact) mass is 243 g/mol. The molecule has 1 fully saturated rings. The lowest BCUT2D eigenvalue weighted by Gasteiger charge is -2.23. The van der Waals surface area contributed by atoms with Gasteiger partial charge in [-0.2, -0.15) is 0 Å². The third kappa shape index (κ3) is 4.70. The summed E-state index contributed by atoms with van der Waals surface area (Å²) in [5.41, 5.74) is 0. The number of nitrogens with zero attached hydrogens (tertiary/aromatic N) is 1. The van der Waals surface area contributed by atoms with Crippen LogP contribution in [-0.2, 0) is 4.79 Å². The summed E-state index contributed by atoms with van der Waals surface area (Å²) >= 11 is 0. The van der Waals surface area contributed by atoms with Gasteiger partial charge < -0.3 is 10.4 Å². The van der Waals surface area contributed by atoms with Crippen molar-refractivity contribution < 1.29 is 14.7 Å². The number of nitrogens with one attached hydrogen (secondary N) is 2. The second-order valence-electron chi connectivity index (χ2n) is 4.26. The van der Waals surface area contributed by atoms with E-state index in [-0.39, 0.29) is 19.1 Å². The fraction of sp³-hybridized carbons (Fsp3) is 0.818. The molecule has 0 bridgehead atoms. The van der Waals surface area contributed by atoms with Crippen LogP contribution in [0.4, 0.5) is 4.79 Å². The highest BCUT2D eigenvalue weighted by atomic mass is 16.3. The fourth-order valence-corrected chi connectivity index (χ4v) is 2.17. The summed E-state index contributed by atoms with van der Waals surface area (Å²) in [6.45, 7) is 1.33. The number of hydrogen-bond donors (Lipinski definition) is 3. The van der Waals surface area contributed by atoms with Gasteiger partial charge in [-0.15, -0.1) is 0 Å². The lowest BCUT2D eigenvalue weighted by Crippen LogP contribution is -2.44. The highest BCUT2D eigenvalue weighted by Gasteiger charge is 2.25. The number of hydrogen-bond acceptors (Lipinski definition) is 4. The zero-order chi connectivity index (χ0) is 12.7. The molecule has 1 atom stereocenters. The van der Waals surface area contributed by atoms with Gasteiger partial charge in [-0.3, -0.25) is 15.0 Å². The number of imide groups is 1. The number of urea groups is 1. The number of carbonyl (C=O) groups excluding carboxylic acids is 2. The third-order valence-corrected chi connectivity index (χ3v) is 3.02. The van der Waals surface area contributed by atoms with Crippen LogP contribution in [0.3, 0.4) is 0 Å². The van der Waals surface area contributed by atoms with Crippen LogP contribution in [-0.4, -0.2) is 54.7 Å². The Labute approximate surface area is 101 Å². The minimum absolute atomic E-state index is 0.189. The number of aliphatic hydroxyl groups excluding tert-OH is 1. The topological polar surface area (TPSA) is 81.7 Å². The van der Waals surface area contributed by atoms with Gasteiger partial charge in [0.25, 0.3) is 0 Å². The van der Waals surface area contributed by atoms with Crippen molar-refractivity contribution in [2.24, 2.45) is 0 Å². The number of amides is 3. The zero-order valence-electron chi connectivity index (χ0n) is 10.2. The van der Waals surface area contributed by atoms with Crippen LogP contribution in [0.15, 0.2) is 0 Å². The smallest absolute Gasteiger partial charge is 0.321 e. The predicted molar refractivity (Wildman–Crippen MR) is 63.5 cm³/mol. The first-order chi connectivity index (χ1) is 8.17. The van der Waals surface area contributed by atoms with Gasteiger partial charge in [0, 0.05) is 19.7 Å². The van der Waals surface area contributed by atoms with E-state index < -0.39 is 6.03 Å². The molecule has 0 aromatic carbocycles. The molecule has 1 aliphatic rings. The highest BCUT2D eigenvalue weighted by Crippen LogP contribution is 2.20. The summed E-state index contributed by atoms with van der Waals surface area (Å²) in [6, 6.07) is -0.112. The van der Waals surface area contributed by atoms with Crippen molar-refractivity contribution in [3.05, 3.63) is 0 Å². The largest absolute Gasteiger partial charge is 0.396 e. The van der Waals surface area contributed by atoms with Gasteiger partial charge in [0.15, 0.2) is 0 Å². The Balaban J connectivity index is 2.33. The lowest BCUT2D eigenvalue weighted by molar-refractivity contribution is -0.121. The van der Waals surface area contributed by atoms with Crippen LogP contribution in [0.25, 0.3) is 0 Å². The zero-order valence-corrected chi connectivity index (χ0v) is 10.2. The van der Waals surface area contributed by atoms with E-state index in [1.54, 1.807) is 0 Å². The quantitative estimate of drug-likeness (QED) is 0.618. The van der Waals surface area contributed by atoms with Gasteiger partial charge in [0.1, 0.15) is 0 Å². The summed E-state index contributed by atoms with van der Waals surface area (Å²) in [4.78, 5) is 24.6. The molecule has 0 saturated carbocycles. The number of aliphatic hydroxyl groups is 1. The average molecular weight is 243 g/mol. The second kappa shape index (κ2) is 7.24. The molecule has 0 spiro atoms. The SMILES string of the molecule is CNC(=O)NC(=O)CN1CCCC1CCCO. The normalized spacial score (nSPS) is 20.2. The van der Waals surface area contributed by atoms with Crippen molar-refractivity contribution in [1.29, 1.82) is 0 Å². The van der Waals surface area contributed by atoms with Crippen molar-refractivity contribution in [3.63, 3.8) is 0 Å². The summed E-state index contributed by atoms with van der Waals surface area (Å²) in [5.74, 6) is -0.278. The first-order valence-electron chi connectivity index (χ1n) is 6.04. The molecular formula is C11H21N3O3.